The van der Waals surface area contributed by atoms with Gasteiger partial charge in [0.25, 0.3) is 0 Å². The van der Waals surface area contributed by atoms with Crippen molar-refractivity contribution in [3.8, 4) is 0 Å². The number of nitrogens with zero attached hydrogens (tertiary/aromatic N) is 2. The second-order valence-electron chi connectivity index (χ2n) is 7.84. The number of hydrogen-bond donors (Lipinski definition) is 2. The third-order valence-electron chi connectivity index (χ3n) is 4.06. The van der Waals surface area contributed by atoms with Crippen LogP contribution in [-0.2, 0) is 21.5 Å². The number of hydrogen-bond acceptors (Lipinski definition) is 5. The molecule has 0 fully saturated rings. The van der Waals surface area contributed by atoms with Crippen molar-refractivity contribution < 1.29 is 18.3 Å². The fourth-order valence-electron chi connectivity index (χ4n) is 2.27. The van der Waals surface area contributed by atoms with Crippen LogP contribution in [0.3, 0.4) is 0 Å². The molecule has 1 heterocycles. The minimum atomic E-state index is -3.66. The summed E-state index contributed by atoms with van der Waals surface area (Å²) in [4.78, 5) is 0.173. The Labute approximate surface area is 162 Å². The van der Waals surface area contributed by atoms with Crippen LogP contribution in [0.25, 0.3) is 0 Å². The van der Waals surface area contributed by atoms with Crippen molar-refractivity contribution in [3.63, 3.8) is 0 Å². The van der Waals surface area contributed by atoms with Crippen molar-refractivity contribution in [2.24, 2.45) is 0 Å². The number of aryl methyl sites for hydroxylation is 1. The first kappa shape index (κ1) is 21.8. The van der Waals surface area contributed by atoms with Crippen molar-refractivity contribution in [3.05, 3.63) is 47.8 Å². The third kappa shape index (κ3) is 7.19. The normalized spacial score (nSPS) is 13.7. The minimum Gasteiger partial charge on any atom is -0.387 e. The fraction of sp³-hybridized carbons (Fsp3) is 0.500. The van der Waals surface area contributed by atoms with Gasteiger partial charge in [0.15, 0.2) is 0 Å². The molecular weight excluding hydrogens is 382 g/mol. The average Bonchev–Trinajstić information content (AvgIpc) is 3.05. The molecule has 1 atom stereocenters. The lowest BCUT2D eigenvalue weighted by Crippen LogP contribution is -2.28. The molecule has 0 bridgehead atoms. The fourth-order valence-corrected chi connectivity index (χ4v) is 4.06. The zero-order chi connectivity index (χ0) is 20.1. The van der Waals surface area contributed by atoms with Crippen LogP contribution in [0.5, 0.6) is 0 Å². The van der Waals surface area contributed by atoms with E-state index < -0.39 is 24.2 Å². The lowest BCUT2D eigenvalue weighted by atomic mass is 10.2. The molecule has 1 aromatic heterocycles. The second kappa shape index (κ2) is 9.11. The molecule has 27 heavy (non-hydrogen) atoms. The second-order valence-corrected chi connectivity index (χ2v) is 15.2. The molecule has 2 N–H and O–H groups in total. The maximum Gasteiger partial charge on any atom is 0.240 e. The Morgan fingerprint density at radius 3 is 2.56 bits per heavy atom. The van der Waals surface area contributed by atoms with Crippen LogP contribution in [0.15, 0.2) is 41.6 Å². The standard InChI is InChI=1S/C18H29N3O4SSi/c1-15-5-7-17(8-6-15)26(23,24)20-12-18(22)16-11-19-21(13-16)14-25-9-10-27(2,3)4/h5-8,11,13,18,20,22H,9-10,12,14H2,1-4H3/t18-/m1/s1. The number of ether oxygens (including phenoxy) is 1. The van der Waals surface area contributed by atoms with E-state index in [4.69, 9.17) is 4.74 Å². The number of aromatic nitrogens is 2. The van der Waals surface area contributed by atoms with Gasteiger partial charge in [-0.05, 0) is 25.1 Å². The summed E-state index contributed by atoms with van der Waals surface area (Å²) in [6, 6.07) is 7.62. The molecule has 2 aromatic rings. The van der Waals surface area contributed by atoms with Gasteiger partial charge >= 0.3 is 0 Å². The monoisotopic (exact) mass is 411 g/mol. The van der Waals surface area contributed by atoms with Crippen LogP contribution < -0.4 is 4.72 Å². The van der Waals surface area contributed by atoms with E-state index >= 15 is 0 Å². The number of aliphatic hydroxyl groups excluding tert-OH is 1. The molecule has 0 saturated heterocycles. The highest BCUT2D eigenvalue weighted by atomic mass is 32.2. The lowest BCUT2D eigenvalue weighted by Gasteiger charge is -2.15. The predicted molar refractivity (Wildman–Crippen MR) is 108 cm³/mol. The molecule has 7 nitrogen and oxygen atoms in total. The van der Waals surface area contributed by atoms with E-state index in [9.17, 15) is 13.5 Å². The predicted octanol–water partition coefficient (Wildman–Crippen LogP) is 2.52. The van der Waals surface area contributed by atoms with Crippen LogP contribution in [0.2, 0.25) is 25.7 Å². The molecular formula is C18H29N3O4SSi. The molecule has 0 radical (unpaired) electrons. The highest BCUT2D eigenvalue weighted by Gasteiger charge is 2.18. The van der Waals surface area contributed by atoms with Crippen molar-refractivity contribution in [1.82, 2.24) is 14.5 Å². The van der Waals surface area contributed by atoms with Crippen LogP contribution in [0.4, 0.5) is 0 Å². The Morgan fingerprint density at radius 1 is 1.26 bits per heavy atom. The Kier molecular flexibility index (Phi) is 7.35. The van der Waals surface area contributed by atoms with Gasteiger partial charge in [-0.15, -0.1) is 0 Å². The highest BCUT2D eigenvalue weighted by Crippen LogP contribution is 2.14. The first-order valence-corrected chi connectivity index (χ1v) is 14.1. The van der Waals surface area contributed by atoms with Crippen molar-refractivity contribution in [1.29, 1.82) is 0 Å². The zero-order valence-electron chi connectivity index (χ0n) is 16.3. The summed E-state index contributed by atoms with van der Waals surface area (Å²) in [5.41, 5.74) is 1.52. The molecule has 0 unspecified atom stereocenters. The summed E-state index contributed by atoms with van der Waals surface area (Å²) in [7, 11) is -4.79. The summed E-state index contributed by atoms with van der Waals surface area (Å²) in [5.74, 6) is 0. The van der Waals surface area contributed by atoms with Crippen molar-refractivity contribution in [2.45, 2.75) is 50.3 Å². The molecule has 0 spiro atoms. The van der Waals surface area contributed by atoms with Crippen LogP contribution in [-0.4, -0.2) is 44.5 Å². The highest BCUT2D eigenvalue weighted by molar-refractivity contribution is 7.89. The first-order chi connectivity index (χ1) is 12.6. The topological polar surface area (TPSA) is 93.5 Å². The number of benzene rings is 1. The zero-order valence-corrected chi connectivity index (χ0v) is 18.2. The van der Waals surface area contributed by atoms with Gasteiger partial charge in [0, 0.05) is 33.0 Å². The summed E-state index contributed by atoms with van der Waals surface area (Å²) in [6.07, 6.45) is 2.20. The number of nitrogens with one attached hydrogen (secondary N) is 1. The molecule has 2 rings (SSSR count). The van der Waals surface area contributed by atoms with E-state index in [1.807, 2.05) is 6.92 Å². The number of aliphatic hydroxyl groups is 1. The molecule has 1 aromatic carbocycles. The Morgan fingerprint density at radius 2 is 1.93 bits per heavy atom. The third-order valence-corrected chi connectivity index (χ3v) is 7.20. The van der Waals surface area contributed by atoms with E-state index in [0.29, 0.717) is 18.9 Å². The van der Waals surface area contributed by atoms with Gasteiger partial charge in [-0.25, -0.2) is 17.8 Å². The van der Waals surface area contributed by atoms with E-state index in [1.165, 1.54) is 6.20 Å². The van der Waals surface area contributed by atoms with E-state index in [1.54, 1.807) is 35.1 Å². The molecule has 9 heteroatoms. The minimum absolute atomic E-state index is 0.127. The summed E-state index contributed by atoms with van der Waals surface area (Å²) in [6.45, 7) is 9.62. The van der Waals surface area contributed by atoms with Gasteiger partial charge in [0.05, 0.1) is 17.2 Å². The molecule has 0 aliphatic heterocycles. The smallest absolute Gasteiger partial charge is 0.240 e. The van der Waals surface area contributed by atoms with Gasteiger partial charge in [-0.2, -0.15) is 5.10 Å². The summed E-state index contributed by atoms with van der Waals surface area (Å²) in [5, 5.41) is 14.4. The Balaban J connectivity index is 1.85. The van der Waals surface area contributed by atoms with Crippen molar-refractivity contribution in [2.75, 3.05) is 13.2 Å². The molecule has 0 aliphatic carbocycles. The molecule has 0 amide bonds. The maximum absolute atomic E-state index is 12.3. The van der Waals surface area contributed by atoms with Gasteiger partial charge < -0.3 is 9.84 Å². The molecule has 150 valence electrons. The largest absolute Gasteiger partial charge is 0.387 e. The lowest BCUT2D eigenvalue weighted by molar-refractivity contribution is 0.0783. The van der Waals surface area contributed by atoms with Gasteiger partial charge in [-0.1, -0.05) is 37.3 Å². The number of sulfonamides is 1. The quantitative estimate of drug-likeness (QED) is 0.463. The molecule has 0 aliphatic rings. The van der Waals surface area contributed by atoms with E-state index in [-0.39, 0.29) is 11.4 Å². The summed E-state index contributed by atoms with van der Waals surface area (Å²) >= 11 is 0. The van der Waals surface area contributed by atoms with Gasteiger partial charge in [0.2, 0.25) is 10.0 Å². The van der Waals surface area contributed by atoms with Crippen LogP contribution in [0, 0.1) is 6.92 Å². The van der Waals surface area contributed by atoms with Gasteiger partial charge in [0.1, 0.15) is 6.73 Å². The van der Waals surface area contributed by atoms with Crippen LogP contribution in [0.1, 0.15) is 17.2 Å². The first-order valence-electron chi connectivity index (χ1n) is 8.91. The van der Waals surface area contributed by atoms with E-state index in [2.05, 4.69) is 29.5 Å². The maximum atomic E-state index is 12.3. The van der Waals surface area contributed by atoms with Crippen LogP contribution >= 0.6 is 0 Å². The Bertz CT molecular complexity index is 829. The molecule has 0 saturated carbocycles. The Hall–Kier alpha value is -1.52. The van der Waals surface area contributed by atoms with Crippen molar-refractivity contribution >= 4 is 18.1 Å². The summed E-state index contributed by atoms with van der Waals surface area (Å²) < 4.78 is 34.2. The SMILES string of the molecule is Cc1ccc(S(=O)(=O)NC[C@@H](O)c2cnn(COCC[Si](C)(C)C)c2)cc1. The van der Waals surface area contributed by atoms with Gasteiger partial charge in [-0.3, -0.25) is 0 Å². The number of rotatable bonds is 10. The average molecular weight is 412 g/mol. The van der Waals surface area contributed by atoms with E-state index in [0.717, 1.165) is 11.6 Å².